The molecule has 0 aromatic carbocycles. The van der Waals surface area contributed by atoms with E-state index < -0.39 is 5.97 Å². The molecular weight excluding hydrogens is 234 g/mol. The van der Waals surface area contributed by atoms with Gasteiger partial charge in [-0.15, -0.1) is 0 Å². The molecule has 0 unspecified atom stereocenters. The van der Waals surface area contributed by atoms with Crippen molar-refractivity contribution in [1.29, 1.82) is 0 Å². The lowest BCUT2D eigenvalue weighted by Crippen LogP contribution is -2.36. The number of aliphatic carboxylic acids is 1. The monoisotopic (exact) mass is 251 g/mol. The second-order valence-corrected chi connectivity index (χ2v) is 4.41. The molecule has 1 aromatic rings. The second kappa shape index (κ2) is 5.20. The predicted octanol–water partition coefficient (Wildman–Crippen LogP) is 0.707. The Labute approximate surface area is 105 Å². The summed E-state index contributed by atoms with van der Waals surface area (Å²) in [6.07, 6.45) is 5.27. The minimum absolute atomic E-state index is 0.0264. The van der Waals surface area contributed by atoms with Crippen molar-refractivity contribution in [3.8, 4) is 0 Å². The van der Waals surface area contributed by atoms with Crippen LogP contribution in [0.5, 0.6) is 0 Å². The van der Waals surface area contributed by atoms with Crippen LogP contribution in [0.4, 0.5) is 5.82 Å². The molecule has 1 fully saturated rings. The molecule has 0 saturated heterocycles. The Bertz CT molecular complexity index is 494. The van der Waals surface area contributed by atoms with Crippen LogP contribution in [-0.4, -0.2) is 33.2 Å². The first-order valence-electron chi connectivity index (χ1n) is 6.17. The maximum atomic E-state index is 12.1. The zero-order valence-electron chi connectivity index (χ0n) is 10.4. The highest BCUT2D eigenvalue weighted by atomic mass is 16.4. The van der Waals surface area contributed by atoms with Gasteiger partial charge in [0.25, 0.3) is 5.56 Å². The highest BCUT2D eigenvalue weighted by molar-refractivity contribution is 5.67. The number of carboxylic acids is 1. The predicted molar refractivity (Wildman–Crippen MR) is 66.8 cm³/mol. The highest BCUT2D eigenvalue weighted by Crippen LogP contribution is 2.29. The van der Waals surface area contributed by atoms with E-state index in [0.29, 0.717) is 18.9 Å². The number of hydrogen-bond donors (Lipinski definition) is 1. The molecule has 1 aliphatic rings. The zero-order valence-corrected chi connectivity index (χ0v) is 10.4. The Hall–Kier alpha value is -1.85. The number of aryl methyl sites for hydroxylation is 1. The Morgan fingerprint density at radius 1 is 1.61 bits per heavy atom. The largest absolute Gasteiger partial charge is 0.481 e. The summed E-state index contributed by atoms with van der Waals surface area (Å²) in [5, 5.41) is 8.75. The van der Waals surface area contributed by atoms with Gasteiger partial charge in [-0.05, 0) is 19.8 Å². The van der Waals surface area contributed by atoms with Gasteiger partial charge in [-0.25, -0.2) is 4.98 Å². The summed E-state index contributed by atoms with van der Waals surface area (Å²) in [5.41, 5.74) is -0.141. The molecule has 1 heterocycles. The Morgan fingerprint density at radius 2 is 2.33 bits per heavy atom. The third-order valence-electron chi connectivity index (χ3n) is 3.06. The van der Waals surface area contributed by atoms with Crippen molar-refractivity contribution in [1.82, 2.24) is 9.55 Å². The van der Waals surface area contributed by atoms with Crippen LogP contribution in [0.25, 0.3) is 0 Å². The van der Waals surface area contributed by atoms with Gasteiger partial charge in [-0.1, -0.05) is 0 Å². The van der Waals surface area contributed by atoms with Gasteiger partial charge in [0.2, 0.25) is 0 Å². The lowest BCUT2D eigenvalue weighted by Gasteiger charge is -2.22. The molecule has 1 aliphatic carbocycles. The molecule has 0 spiro atoms. The maximum absolute atomic E-state index is 12.1. The van der Waals surface area contributed by atoms with E-state index in [1.807, 2.05) is 11.8 Å². The molecule has 2 rings (SSSR count). The fraction of sp³-hybridized carbons (Fsp3) is 0.583. The average molecular weight is 251 g/mol. The Balaban J connectivity index is 2.25. The van der Waals surface area contributed by atoms with Gasteiger partial charge in [-0.3, -0.25) is 9.59 Å². The molecule has 0 aliphatic heterocycles. The van der Waals surface area contributed by atoms with Crippen molar-refractivity contribution < 1.29 is 9.90 Å². The Morgan fingerprint density at radius 3 is 2.89 bits per heavy atom. The van der Waals surface area contributed by atoms with Crippen molar-refractivity contribution >= 4 is 11.8 Å². The molecule has 6 heteroatoms. The summed E-state index contributed by atoms with van der Waals surface area (Å²) in [6, 6.07) is 0.275. The first-order chi connectivity index (χ1) is 8.63. The number of rotatable bonds is 6. The molecule has 6 nitrogen and oxygen atoms in total. The summed E-state index contributed by atoms with van der Waals surface area (Å²) in [7, 11) is 0. The van der Waals surface area contributed by atoms with Gasteiger partial charge >= 0.3 is 5.97 Å². The molecule has 1 aromatic heterocycles. The van der Waals surface area contributed by atoms with Crippen molar-refractivity contribution in [3.63, 3.8) is 0 Å². The van der Waals surface area contributed by atoms with Crippen molar-refractivity contribution in [2.45, 2.75) is 38.8 Å². The van der Waals surface area contributed by atoms with Crippen LogP contribution in [0.15, 0.2) is 17.2 Å². The third-order valence-corrected chi connectivity index (χ3v) is 3.06. The molecule has 0 radical (unpaired) electrons. The first kappa shape index (κ1) is 12.6. The van der Waals surface area contributed by atoms with Gasteiger partial charge in [0, 0.05) is 31.5 Å². The topological polar surface area (TPSA) is 75.4 Å². The van der Waals surface area contributed by atoms with E-state index in [1.165, 1.54) is 0 Å². The lowest BCUT2D eigenvalue weighted by atomic mass is 10.3. The summed E-state index contributed by atoms with van der Waals surface area (Å²) in [5.74, 6) is -0.476. The van der Waals surface area contributed by atoms with E-state index >= 15 is 0 Å². The number of nitrogens with zero attached hydrogens (tertiary/aromatic N) is 3. The van der Waals surface area contributed by atoms with Crippen LogP contribution in [0.2, 0.25) is 0 Å². The lowest BCUT2D eigenvalue weighted by molar-refractivity contribution is -0.136. The van der Waals surface area contributed by atoms with Crippen LogP contribution >= 0.6 is 0 Å². The van der Waals surface area contributed by atoms with Gasteiger partial charge in [0.05, 0.1) is 6.42 Å². The SMILES string of the molecule is CCn1ccnc(N(CCC(=O)O)C2CC2)c1=O. The molecule has 0 amide bonds. The summed E-state index contributed by atoms with van der Waals surface area (Å²) >= 11 is 0. The summed E-state index contributed by atoms with van der Waals surface area (Å²) < 4.78 is 1.58. The number of aromatic nitrogens is 2. The molecule has 1 saturated carbocycles. The number of hydrogen-bond acceptors (Lipinski definition) is 4. The molecule has 98 valence electrons. The molecule has 0 bridgehead atoms. The van der Waals surface area contributed by atoms with Crippen LogP contribution in [0, 0.1) is 0 Å². The average Bonchev–Trinajstić information content (AvgIpc) is 3.15. The quantitative estimate of drug-likeness (QED) is 0.805. The highest BCUT2D eigenvalue weighted by Gasteiger charge is 2.31. The Kier molecular flexibility index (Phi) is 3.64. The van der Waals surface area contributed by atoms with E-state index in [1.54, 1.807) is 17.0 Å². The summed E-state index contributed by atoms with van der Waals surface area (Å²) in [6.45, 7) is 2.83. The minimum atomic E-state index is -0.854. The number of anilines is 1. The summed E-state index contributed by atoms with van der Waals surface area (Å²) in [4.78, 5) is 28.7. The molecular formula is C12H17N3O3. The first-order valence-corrected chi connectivity index (χ1v) is 6.17. The van der Waals surface area contributed by atoms with E-state index in [-0.39, 0.29) is 18.0 Å². The molecule has 0 atom stereocenters. The third kappa shape index (κ3) is 2.69. The fourth-order valence-corrected chi connectivity index (χ4v) is 1.95. The standard InChI is InChI=1S/C12H17N3O3/c1-2-14-8-6-13-11(12(14)18)15(9-3-4-9)7-5-10(16)17/h6,8-9H,2-5,7H2,1H3,(H,16,17). The van der Waals surface area contributed by atoms with Crippen molar-refractivity contribution in [2.75, 3.05) is 11.4 Å². The molecule has 1 N–H and O–H groups in total. The van der Waals surface area contributed by atoms with E-state index in [9.17, 15) is 9.59 Å². The maximum Gasteiger partial charge on any atom is 0.305 e. The second-order valence-electron chi connectivity index (χ2n) is 4.41. The zero-order chi connectivity index (χ0) is 13.1. The number of carbonyl (C=O) groups is 1. The van der Waals surface area contributed by atoms with Gasteiger partial charge in [0.1, 0.15) is 0 Å². The number of carboxylic acid groups (broad SMARTS) is 1. The van der Waals surface area contributed by atoms with E-state index in [4.69, 9.17) is 5.11 Å². The van der Waals surface area contributed by atoms with Crippen LogP contribution in [0.1, 0.15) is 26.2 Å². The van der Waals surface area contributed by atoms with Gasteiger partial charge in [-0.2, -0.15) is 0 Å². The normalized spacial score (nSPS) is 14.5. The minimum Gasteiger partial charge on any atom is -0.481 e. The van der Waals surface area contributed by atoms with Crippen LogP contribution < -0.4 is 10.5 Å². The van der Waals surface area contributed by atoms with E-state index in [2.05, 4.69) is 4.98 Å². The van der Waals surface area contributed by atoms with Gasteiger partial charge in [0.15, 0.2) is 5.82 Å². The smallest absolute Gasteiger partial charge is 0.305 e. The van der Waals surface area contributed by atoms with Crippen molar-refractivity contribution in [2.24, 2.45) is 0 Å². The van der Waals surface area contributed by atoms with Crippen molar-refractivity contribution in [3.05, 3.63) is 22.7 Å². The van der Waals surface area contributed by atoms with Gasteiger partial charge < -0.3 is 14.6 Å². The van der Waals surface area contributed by atoms with E-state index in [0.717, 1.165) is 12.8 Å². The molecule has 18 heavy (non-hydrogen) atoms. The fourth-order valence-electron chi connectivity index (χ4n) is 1.95. The van der Waals surface area contributed by atoms with Crippen LogP contribution in [-0.2, 0) is 11.3 Å². The van der Waals surface area contributed by atoms with Crippen LogP contribution in [0.3, 0.4) is 0 Å².